The third-order valence-corrected chi connectivity index (χ3v) is 4.85. The lowest BCUT2D eigenvalue weighted by atomic mass is 9.96. The summed E-state index contributed by atoms with van der Waals surface area (Å²) in [5.74, 6) is 0. The van der Waals surface area contributed by atoms with E-state index in [1.165, 1.54) is 0 Å². The van der Waals surface area contributed by atoms with Gasteiger partial charge in [-0.1, -0.05) is 53.1 Å². The van der Waals surface area contributed by atoms with Crippen LogP contribution in [0.25, 0.3) is 0 Å². The lowest BCUT2D eigenvalue weighted by Gasteiger charge is -2.46. The predicted molar refractivity (Wildman–Crippen MR) is 149 cm³/mol. The maximum absolute atomic E-state index is 12.9. The largest absolute Gasteiger partial charge is 0.444 e. The van der Waals surface area contributed by atoms with Crippen LogP contribution in [0.5, 0.6) is 0 Å². The lowest BCUT2D eigenvalue weighted by Crippen LogP contribution is -2.58. The number of ether oxygens (including phenoxy) is 2. The van der Waals surface area contributed by atoms with Gasteiger partial charge in [0.1, 0.15) is 21.0 Å². The van der Waals surface area contributed by atoms with Crippen molar-refractivity contribution in [1.82, 2.24) is 14.8 Å². The van der Waals surface area contributed by atoms with Gasteiger partial charge >= 0.3 is 12.2 Å². The summed E-state index contributed by atoms with van der Waals surface area (Å²) in [4.78, 5) is 33.1. The van der Waals surface area contributed by atoms with Gasteiger partial charge in [0.15, 0.2) is 0 Å². The molecule has 1 aromatic heterocycles. The average molecular weight is 581 g/mol. The molecule has 0 bridgehead atoms. The normalized spacial score (nSPS) is 17.5. The molecule has 9 heteroatoms. The van der Waals surface area contributed by atoms with Gasteiger partial charge in [0.2, 0.25) is 0 Å². The Hall–Kier alpha value is -1.54. The molecule has 2 rings (SSSR count). The van der Waals surface area contributed by atoms with E-state index in [-0.39, 0.29) is 6.04 Å². The monoisotopic (exact) mass is 579 g/mol. The van der Waals surface area contributed by atoms with Crippen molar-refractivity contribution in [2.75, 3.05) is 13.1 Å². The highest BCUT2D eigenvalue weighted by atomic mass is 79.9. The van der Waals surface area contributed by atoms with Crippen molar-refractivity contribution in [3.05, 3.63) is 27.5 Å². The van der Waals surface area contributed by atoms with Gasteiger partial charge in [0.25, 0.3) is 0 Å². The van der Waals surface area contributed by atoms with E-state index in [1.807, 2.05) is 90.0 Å². The lowest BCUT2D eigenvalue weighted by molar-refractivity contribution is -0.0313. The van der Waals surface area contributed by atoms with Gasteiger partial charge in [0.05, 0.1) is 12.1 Å². The van der Waals surface area contributed by atoms with Crippen LogP contribution < -0.4 is 0 Å². The number of pyridine rings is 1. The van der Waals surface area contributed by atoms with Crippen LogP contribution in [0.4, 0.5) is 9.59 Å². The first-order valence-electron chi connectivity index (χ1n) is 12.5. The van der Waals surface area contributed by atoms with E-state index in [1.54, 1.807) is 21.9 Å². The van der Waals surface area contributed by atoms with Crippen LogP contribution in [0.3, 0.4) is 0 Å². The van der Waals surface area contributed by atoms with E-state index < -0.39 is 29.4 Å². The van der Waals surface area contributed by atoms with E-state index in [4.69, 9.17) is 21.1 Å². The van der Waals surface area contributed by atoms with E-state index >= 15 is 0 Å². The summed E-state index contributed by atoms with van der Waals surface area (Å²) in [6, 6.07) is 2.66. The molecule has 0 spiro atoms. The van der Waals surface area contributed by atoms with Gasteiger partial charge in [-0.3, -0.25) is 4.90 Å². The Bertz CT molecular complexity index is 759. The fourth-order valence-electron chi connectivity index (χ4n) is 3.21. The van der Waals surface area contributed by atoms with E-state index in [0.717, 1.165) is 5.56 Å². The number of rotatable bonds is 1. The summed E-state index contributed by atoms with van der Waals surface area (Å²) in [6.45, 7) is 25.5. The van der Waals surface area contributed by atoms with Gasteiger partial charge in [-0.15, -0.1) is 0 Å². The highest BCUT2D eigenvalue weighted by Crippen LogP contribution is 2.35. The Morgan fingerprint density at radius 1 is 0.886 bits per heavy atom. The average Bonchev–Trinajstić information content (AvgIpc) is 2.74. The first-order valence-corrected chi connectivity index (χ1v) is 13.7. The minimum atomic E-state index is -0.635. The number of piperazine rings is 1. The van der Waals surface area contributed by atoms with E-state index in [9.17, 15) is 9.59 Å². The molecule has 1 unspecified atom stereocenters. The smallest absolute Gasteiger partial charge is 0.410 e. The maximum Gasteiger partial charge on any atom is 0.410 e. The predicted octanol–water partition coefficient (Wildman–Crippen LogP) is 8.49. The van der Waals surface area contributed by atoms with Crippen molar-refractivity contribution in [2.24, 2.45) is 0 Å². The van der Waals surface area contributed by atoms with Crippen LogP contribution in [-0.2, 0) is 9.47 Å². The first kappa shape index (κ1) is 35.6. The zero-order valence-electron chi connectivity index (χ0n) is 24.0. The SMILES string of the molecule is CC.CC.CC.C[C@@H]1C(c2cc(Cl)nc(Br)c2)N(C(=O)OC(C)(C)C)CCN1C(=O)OC(C)(C)C. The van der Waals surface area contributed by atoms with E-state index in [0.29, 0.717) is 22.8 Å². The number of carbonyl (C=O) groups is 2. The Morgan fingerprint density at radius 3 is 1.69 bits per heavy atom. The molecule has 2 heterocycles. The van der Waals surface area contributed by atoms with Crippen LogP contribution in [0.2, 0.25) is 5.15 Å². The number of halogens is 2. The van der Waals surface area contributed by atoms with Gasteiger partial charge < -0.3 is 14.4 Å². The van der Waals surface area contributed by atoms with Crippen molar-refractivity contribution >= 4 is 39.7 Å². The van der Waals surface area contributed by atoms with Gasteiger partial charge in [-0.25, -0.2) is 14.6 Å². The van der Waals surface area contributed by atoms with Crippen LogP contribution in [0, 0.1) is 0 Å². The van der Waals surface area contributed by atoms with Crippen molar-refractivity contribution < 1.29 is 19.1 Å². The van der Waals surface area contributed by atoms with Gasteiger partial charge in [-0.2, -0.15) is 0 Å². The molecule has 0 radical (unpaired) electrons. The minimum Gasteiger partial charge on any atom is -0.444 e. The number of hydrogen-bond acceptors (Lipinski definition) is 5. The van der Waals surface area contributed by atoms with Crippen molar-refractivity contribution in [2.45, 2.75) is 113 Å². The van der Waals surface area contributed by atoms with Crippen molar-refractivity contribution in [3.63, 3.8) is 0 Å². The van der Waals surface area contributed by atoms with Crippen molar-refractivity contribution in [3.8, 4) is 0 Å². The fraction of sp³-hybridized carbons (Fsp3) is 0.731. The Balaban J connectivity index is 0. The molecule has 1 aliphatic rings. The second-order valence-corrected chi connectivity index (χ2v) is 10.3. The number of aromatic nitrogens is 1. The zero-order chi connectivity index (χ0) is 28.1. The Morgan fingerprint density at radius 2 is 1.29 bits per heavy atom. The molecule has 35 heavy (non-hydrogen) atoms. The fourth-order valence-corrected chi connectivity index (χ4v) is 3.98. The topological polar surface area (TPSA) is 72.0 Å². The minimum absolute atomic E-state index is 0.292. The summed E-state index contributed by atoms with van der Waals surface area (Å²) in [6.07, 6.45) is -0.861. The molecule has 204 valence electrons. The zero-order valence-corrected chi connectivity index (χ0v) is 26.3. The van der Waals surface area contributed by atoms with Crippen LogP contribution in [0.15, 0.2) is 16.7 Å². The summed E-state index contributed by atoms with van der Waals surface area (Å²) >= 11 is 9.51. The third kappa shape index (κ3) is 12.3. The molecular formula is C26H47BrClN3O4. The second kappa shape index (κ2) is 16.3. The highest BCUT2D eigenvalue weighted by molar-refractivity contribution is 9.10. The summed E-state index contributed by atoms with van der Waals surface area (Å²) < 4.78 is 11.7. The summed E-state index contributed by atoms with van der Waals surface area (Å²) in [5.41, 5.74) is -0.496. The standard InChI is InChI=1S/C20H29BrClN3O4.3C2H6/c1-12-16(13-10-14(21)23-15(22)11-13)25(18(27)29-20(5,6)7)9-8-24(12)17(26)28-19(2,3)4;3*1-2/h10-12,16H,8-9H2,1-7H3;3*1-2H3/t12-,16?;;;/m1.../s1. The molecule has 0 aromatic carbocycles. The van der Waals surface area contributed by atoms with Gasteiger partial charge in [-0.05, 0) is 82.1 Å². The molecule has 0 aliphatic carbocycles. The molecule has 1 saturated heterocycles. The van der Waals surface area contributed by atoms with Gasteiger partial charge in [0, 0.05) is 13.1 Å². The molecule has 1 aliphatic heterocycles. The number of hydrogen-bond donors (Lipinski definition) is 0. The molecule has 2 amide bonds. The molecule has 0 N–H and O–H groups in total. The quantitative estimate of drug-likeness (QED) is 0.311. The highest BCUT2D eigenvalue weighted by Gasteiger charge is 2.42. The third-order valence-electron chi connectivity index (χ3n) is 4.25. The Labute approximate surface area is 227 Å². The molecule has 2 atom stereocenters. The number of carbonyl (C=O) groups excluding carboxylic acids is 2. The maximum atomic E-state index is 12.9. The summed E-state index contributed by atoms with van der Waals surface area (Å²) in [7, 11) is 0. The molecule has 0 saturated carbocycles. The van der Waals surface area contributed by atoms with Crippen LogP contribution >= 0.6 is 27.5 Å². The summed E-state index contributed by atoms with van der Waals surface area (Å²) in [5, 5.41) is 0.292. The number of amides is 2. The molecule has 1 aromatic rings. The van der Waals surface area contributed by atoms with Crippen molar-refractivity contribution in [1.29, 1.82) is 0 Å². The number of nitrogens with zero attached hydrogens (tertiary/aromatic N) is 3. The van der Waals surface area contributed by atoms with E-state index in [2.05, 4.69) is 20.9 Å². The molecule has 7 nitrogen and oxygen atoms in total. The molecule has 1 fully saturated rings. The van der Waals surface area contributed by atoms with Crippen LogP contribution in [-0.4, -0.2) is 57.3 Å². The van der Waals surface area contributed by atoms with Crippen LogP contribution in [0.1, 0.15) is 102 Å². The second-order valence-electron chi connectivity index (χ2n) is 9.08. The molecular weight excluding hydrogens is 534 g/mol. The Kier molecular flexibility index (Phi) is 16.5. The first-order chi connectivity index (χ1) is 16.2.